The van der Waals surface area contributed by atoms with E-state index in [1.807, 2.05) is 43.7 Å². The number of nitrogens with zero attached hydrogens (tertiary/aromatic N) is 3. The summed E-state index contributed by atoms with van der Waals surface area (Å²) >= 11 is 0. The van der Waals surface area contributed by atoms with Crippen LogP contribution in [0.25, 0.3) is 0 Å². The van der Waals surface area contributed by atoms with E-state index in [4.69, 9.17) is 5.73 Å². The molecule has 0 saturated heterocycles. The Balaban J connectivity index is 2.68. The molecule has 0 aromatic carbocycles. The van der Waals surface area contributed by atoms with Gasteiger partial charge in [-0.2, -0.15) is 5.10 Å². The molecular formula is C12H23N5O. The summed E-state index contributed by atoms with van der Waals surface area (Å²) in [5.74, 6) is -0.378. The molecule has 3 N–H and O–H groups in total. The average molecular weight is 253 g/mol. The van der Waals surface area contributed by atoms with Crippen LogP contribution in [0.2, 0.25) is 0 Å². The van der Waals surface area contributed by atoms with Crippen molar-refractivity contribution >= 4 is 5.91 Å². The Labute approximate surface area is 108 Å². The highest BCUT2D eigenvalue weighted by Gasteiger charge is 2.19. The van der Waals surface area contributed by atoms with Gasteiger partial charge >= 0.3 is 0 Å². The van der Waals surface area contributed by atoms with Crippen LogP contribution in [0.4, 0.5) is 0 Å². The number of rotatable bonds is 7. The Hall–Kier alpha value is -1.40. The second-order valence-corrected chi connectivity index (χ2v) is 4.94. The topological polar surface area (TPSA) is 76.2 Å². The molecule has 0 saturated carbocycles. The molecule has 0 aliphatic rings. The van der Waals surface area contributed by atoms with Gasteiger partial charge in [-0.25, -0.2) is 0 Å². The summed E-state index contributed by atoms with van der Waals surface area (Å²) < 4.78 is 1.82. The first kappa shape index (κ1) is 14.7. The minimum absolute atomic E-state index is 0.272. The Morgan fingerprint density at radius 3 is 2.67 bits per heavy atom. The van der Waals surface area contributed by atoms with E-state index in [2.05, 4.69) is 10.4 Å². The van der Waals surface area contributed by atoms with Gasteiger partial charge in [-0.3, -0.25) is 9.48 Å². The summed E-state index contributed by atoms with van der Waals surface area (Å²) in [5.41, 5.74) is 6.23. The van der Waals surface area contributed by atoms with Gasteiger partial charge in [-0.05, 0) is 27.9 Å². The SMILES string of the molecule is CC(C)n1cc(C(NCCN(C)C)C(N)=O)cn1. The van der Waals surface area contributed by atoms with Crippen LogP contribution in [-0.4, -0.2) is 47.8 Å². The van der Waals surface area contributed by atoms with Crippen LogP contribution in [0, 0.1) is 0 Å². The predicted octanol–water partition coefficient (Wildman–Crippen LogP) is 0.142. The zero-order chi connectivity index (χ0) is 13.7. The summed E-state index contributed by atoms with van der Waals surface area (Å²) in [6.07, 6.45) is 3.56. The standard InChI is InChI=1S/C12H23N5O/c1-9(2)17-8-10(7-15-17)11(12(13)18)14-5-6-16(3)4/h7-9,11,14H,5-6H2,1-4H3,(H2,13,18). The number of amides is 1. The van der Waals surface area contributed by atoms with Crippen molar-refractivity contribution in [1.29, 1.82) is 0 Å². The molecule has 1 aromatic heterocycles. The van der Waals surface area contributed by atoms with E-state index in [9.17, 15) is 4.79 Å². The number of nitrogens with two attached hydrogens (primary N) is 1. The van der Waals surface area contributed by atoms with Crippen molar-refractivity contribution < 1.29 is 4.79 Å². The van der Waals surface area contributed by atoms with Gasteiger partial charge in [0.05, 0.1) is 6.20 Å². The summed E-state index contributed by atoms with van der Waals surface area (Å²) in [6.45, 7) is 5.63. The largest absolute Gasteiger partial charge is 0.368 e. The summed E-state index contributed by atoms with van der Waals surface area (Å²) in [6, 6.07) is -0.202. The lowest BCUT2D eigenvalue weighted by Gasteiger charge is -2.16. The number of aromatic nitrogens is 2. The van der Waals surface area contributed by atoms with Gasteiger partial charge in [0, 0.05) is 30.9 Å². The molecule has 0 aliphatic heterocycles. The molecule has 0 aliphatic carbocycles. The quantitative estimate of drug-likeness (QED) is 0.725. The second-order valence-electron chi connectivity index (χ2n) is 4.94. The zero-order valence-electron chi connectivity index (χ0n) is 11.6. The molecule has 6 nitrogen and oxygen atoms in total. The number of hydrogen-bond donors (Lipinski definition) is 2. The van der Waals surface area contributed by atoms with Crippen LogP contribution in [-0.2, 0) is 4.79 Å². The molecule has 1 heterocycles. The minimum atomic E-state index is -0.475. The highest BCUT2D eigenvalue weighted by atomic mass is 16.1. The molecular weight excluding hydrogens is 230 g/mol. The smallest absolute Gasteiger partial charge is 0.239 e. The van der Waals surface area contributed by atoms with Crippen molar-refractivity contribution in [2.24, 2.45) is 5.73 Å². The third-order valence-corrected chi connectivity index (χ3v) is 2.68. The first-order valence-electron chi connectivity index (χ1n) is 6.13. The monoisotopic (exact) mass is 253 g/mol. The molecule has 1 atom stereocenters. The van der Waals surface area contributed by atoms with Gasteiger partial charge in [0.2, 0.25) is 5.91 Å². The normalized spacial score (nSPS) is 13.2. The number of primary amides is 1. The van der Waals surface area contributed by atoms with Crippen molar-refractivity contribution in [3.63, 3.8) is 0 Å². The lowest BCUT2D eigenvalue weighted by Crippen LogP contribution is -2.37. The Kier molecular flexibility index (Phi) is 5.30. The summed E-state index contributed by atoms with van der Waals surface area (Å²) in [5, 5.41) is 7.37. The molecule has 0 fully saturated rings. The van der Waals surface area contributed by atoms with Crippen molar-refractivity contribution in [3.05, 3.63) is 18.0 Å². The third kappa shape index (κ3) is 4.12. The van der Waals surface area contributed by atoms with Crippen LogP contribution in [0.1, 0.15) is 31.5 Å². The minimum Gasteiger partial charge on any atom is -0.368 e. The second kappa shape index (κ2) is 6.51. The van der Waals surface area contributed by atoms with Gasteiger partial charge < -0.3 is 16.0 Å². The van der Waals surface area contributed by atoms with E-state index >= 15 is 0 Å². The van der Waals surface area contributed by atoms with Crippen LogP contribution >= 0.6 is 0 Å². The van der Waals surface area contributed by atoms with Crippen molar-refractivity contribution in [1.82, 2.24) is 20.0 Å². The van der Waals surface area contributed by atoms with Crippen LogP contribution in [0.3, 0.4) is 0 Å². The molecule has 1 unspecified atom stereocenters. The Morgan fingerprint density at radius 2 is 2.22 bits per heavy atom. The highest BCUT2D eigenvalue weighted by molar-refractivity contribution is 5.81. The summed E-state index contributed by atoms with van der Waals surface area (Å²) in [7, 11) is 3.97. The van der Waals surface area contributed by atoms with E-state index in [1.54, 1.807) is 6.20 Å². The van der Waals surface area contributed by atoms with Gasteiger partial charge in [-0.1, -0.05) is 0 Å². The lowest BCUT2D eigenvalue weighted by molar-refractivity contribution is -0.120. The lowest BCUT2D eigenvalue weighted by atomic mass is 10.1. The number of carbonyl (C=O) groups is 1. The maximum atomic E-state index is 11.5. The number of nitrogens with one attached hydrogen (secondary N) is 1. The van der Waals surface area contributed by atoms with E-state index in [-0.39, 0.29) is 11.9 Å². The van der Waals surface area contributed by atoms with Crippen LogP contribution in [0.5, 0.6) is 0 Å². The van der Waals surface area contributed by atoms with Crippen molar-refractivity contribution in [3.8, 4) is 0 Å². The fourth-order valence-electron chi connectivity index (χ4n) is 1.60. The maximum absolute atomic E-state index is 11.5. The van der Waals surface area contributed by atoms with Crippen molar-refractivity contribution in [2.45, 2.75) is 25.9 Å². The molecule has 0 radical (unpaired) electrons. The molecule has 6 heteroatoms. The van der Waals surface area contributed by atoms with E-state index in [1.165, 1.54) is 0 Å². The van der Waals surface area contributed by atoms with E-state index in [0.717, 1.165) is 12.1 Å². The van der Waals surface area contributed by atoms with Gasteiger partial charge in [0.1, 0.15) is 6.04 Å². The van der Waals surface area contributed by atoms with Gasteiger partial charge in [0.25, 0.3) is 0 Å². The van der Waals surface area contributed by atoms with Crippen molar-refractivity contribution in [2.75, 3.05) is 27.2 Å². The molecule has 0 spiro atoms. The molecule has 1 aromatic rings. The molecule has 102 valence electrons. The average Bonchev–Trinajstić information content (AvgIpc) is 2.72. The molecule has 18 heavy (non-hydrogen) atoms. The first-order valence-corrected chi connectivity index (χ1v) is 6.13. The van der Waals surface area contributed by atoms with Crippen LogP contribution in [0.15, 0.2) is 12.4 Å². The van der Waals surface area contributed by atoms with Crippen LogP contribution < -0.4 is 11.1 Å². The number of hydrogen-bond acceptors (Lipinski definition) is 4. The predicted molar refractivity (Wildman–Crippen MR) is 71.1 cm³/mol. The molecule has 1 rings (SSSR count). The Morgan fingerprint density at radius 1 is 1.56 bits per heavy atom. The summed E-state index contributed by atoms with van der Waals surface area (Å²) in [4.78, 5) is 13.5. The third-order valence-electron chi connectivity index (χ3n) is 2.68. The zero-order valence-corrected chi connectivity index (χ0v) is 11.6. The molecule has 0 bridgehead atoms. The fraction of sp³-hybridized carbons (Fsp3) is 0.667. The van der Waals surface area contributed by atoms with Gasteiger partial charge in [0.15, 0.2) is 0 Å². The fourth-order valence-corrected chi connectivity index (χ4v) is 1.60. The number of likely N-dealkylation sites (N-methyl/N-ethyl adjacent to an activating group) is 1. The maximum Gasteiger partial charge on any atom is 0.239 e. The molecule has 1 amide bonds. The Bertz CT molecular complexity index is 386. The highest BCUT2D eigenvalue weighted by Crippen LogP contribution is 2.13. The van der Waals surface area contributed by atoms with E-state index < -0.39 is 6.04 Å². The first-order chi connectivity index (χ1) is 8.41. The van der Waals surface area contributed by atoms with Gasteiger partial charge in [-0.15, -0.1) is 0 Å². The number of carbonyl (C=O) groups excluding carboxylic acids is 1. The van der Waals surface area contributed by atoms with E-state index in [0.29, 0.717) is 6.54 Å².